The number of hydrogen-bond donors (Lipinski definition) is 1. The number of amides is 2. The highest BCUT2D eigenvalue weighted by Gasteiger charge is 2.44. The number of nitrogens with zero attached hydrogens (tertiary/aromatic N) is 3. The molecule has 1 aromatic carbocycles. The third-order valence-corrected chi connectivity index (χ3v) is 7.09. The molecule has 3 atom stereocenters. The number of alkyl carbamates (subject to hydrolysis) is 1. The smallest absolute Gasteiger partial charge is 0.407 e. The number of nitrogens with one attached hydrogen (secondary N) is 1. The molecule has 0 radical (unpaired) electrons. The Bertz CT molecular complexity index is 1020. The van der Waals surface area contributed by atoms with Crippen molar-refractivity contribution < 1.29 is 14.3 Å². The van der Waals surface area contributed by atoms with Crippen LogP contribution in [0.2, 0.25) is 0 Å². The van der Waals surface area contributed by atoms with Crippen molar-refractivity contribution in [3.63, 3.8) is 0 Å². The number of likely N-dealkylation sites (tertiary alicyclic amines) is 2. The number of carbonyl (C=O) groups is 2. The van der Waals surface area contributed by atoms with Gasteiger partial charge in [-0.05, 0) is 75.6 Å². The average molecular weight is 479 g/mol. The first kappa shape index (κ1) is 25.2. The third kappa shape index (κ3) is 6.01. The molecule has 2 saturated heterocycles. The molecule has 1 N–H and O–H groups in total. The lowest BCUT2D eigenvalue weighted by atomic mass is 10.0. The third-order valence-electron chi connectivity index (χ3n) is 7.09. The highest BCUT2D eigenvalue weighted by molar-refractivity contribution is 5.97. The standard InChI is InChI=1S/C28H38N4O3/c1-19-8-6-9-20(2)25(19)26(33)32-17-22-15-31(16-23(22)18-32)24(21-10-7-12-29-14-21)11-13-30-27(34)35-28(3,4)5/h6-10,12,14,22-24H,11,13,15-18H2,1-5H3,(H,30,34)/t22?,23?,24-/m0/s1. The van der Waals surface area contributed by atoms with Gasteiger partial charge in [0.05, 0.1) is 0 Å². The van der Waals surface area contributed by atoms with E-state index in [1.807, 2.05) is 70.0 Å². The minimum atomic E-state index is -0.515. The second kappa shape index (κ2) is 10.4. The fourth-order valence-corrected chi connectivity index (χ4v) is 5.52. The van der Waals surface area contributed by atoms with Crippen molar-refractivity contribution in [1.82, 2.24) is 20.1 Å². The molecule has 3 heterocycles. The summed E-state index contributed by atoms with van der Waals surface area (Å²) in [6.07, 6.45) is 4.09. The zero-order chi connectivity index (χ0) is 25.2. The van der Waals surface area contributed by atoms with Gasteiger partial charge in [-0.2, -0.15) is 0 Å². The number of aryl methyl sites for hydroxylation is 2. The first-order valence-corrected chi connectivity index (χ1v) is 12.6. The normalized spacial score (nSPS) is 21.0. The molecule has 2 fully saturated rings. The Morgan fingerprint density at radius 2 is 1.71 bits per heavy atom. The summed E-state index contributed by atoms with van der Waals surface area (Å²) in [6, 6.07) is 10.3. The van der Waals surface area contributed by atoms with Crippen molar-refractivity contribution >= 4 is 12.0 Å². The zero-order valence-corrected chi connectivity index (χ0v) is 21.6. The SMILES string of the molecule is Cc1cccc(C)c1C(=O)N1CC2CN([C@@H](CCNC(=O)OC(C)(C)C)c3cccnc3)CC2C1. The topological polar surface area (TPSA) is 74.8 Å². The number of fused-ring (bicyclic) bond motifs is 1. The monoisotopic (exact) mass is 478 g/mol. The predicted octanol–water partition coefficient (Wildman–Crippen LogP) is 4.36. The predicted molar refractivity (Wildman–Crippen MR) is 136 cm³/mol. The van der Waals surface area contributed by atoms with Crippen molar-refractivity contribution in [2.75, 3.05) is 32.7 Å². The molecule has 4 rings (SSSR count). The molecule has 188 valence electrons. The van der Waals surface area contributed by atoms with E-state index in [0.29, 0.717) is 18.4 Å². The summed E-state index contributed by atoms with van der Waals surface area (Å²) in [7, 11) is 0. The van der Waals surface area contributed by atoms with Gasteiger partial charge in [-0.1, -0.05) is 24.3 Å². The van der Waals surface area contributed by atoms with E-state index >= 15 is 0 Å². The highest BCUT2D eigenvalue weighted by Crippen LogP contribution is 2.37. The van der Waals surface area contributed by atoms with E-state index in [1.54, 1.807) is 6.20 Å². The molecule has 1 aromatic heterocycles. The van der Waals surface area contributed by atoms with Crippen LogP contribution in [-0.4, -0.2) is 65.1 Å². The second-order valence-electron chi connectivity index (χ2n) is 11.0. The molecule has 7 heteroatoms. The van der Waals surface area contributed by atoms with Gasteiger partial charge in [0.15, 0.2) is 0 Å². The summed E-state index contributed by atoms with van der Waals surface area (Å²) < 4.78 is 5.39. The molecule has 7 nitrogen and oxygen atoms in total. The molecule has 0 spiro atoms. The number of ether oxygens (including phenoxy) is 1. The molecule has 35 heavy (non-hydrogen) atoms. The van der Waals surface area contributed by atoms with E-state index < -0.39 is 5.60 Å². The minimum Gasteiger partial charge on any atom is -0.444 e. The Hall–Kier alpha value is -2.93. The maximum absolute atomic E-state index is 13.3. The molecule has 2 amide bonds. The van der Waals surface area contributed by atoms with Crippen molar-refractivity contribution in [2.24, 2.45) is 11.8 Å². The number of aromatic nitrogens is 1. The van der Waals surface area contributed by atoms with E-state index in [9.17, 15) is 9.59 Å². The summed E-state index contributed by atoms with van der Waals surface area (Å²) in [5.41, 5.74) is 3.58. The van der Waals surface area contributed by atoms with Crippen molar-refractivity contribution in [3.8, 4) is 0 Å². The fourth-order valence-electron chi connectivity index (χ4n) is 5.52. The van der Waals surface area contributed by atoms with Crippen LogP contribution in [-0.2, 0) is 4.74 Å². The molecule has 0 aliphatic carbocycles. The van der Waals surface area contributed by atoms with E-state index in [2.05, 4.69) is 21.3 Å². The maximum Gasteiger partial charge on any atom is 0.407 e. The molecule has 0 bridgehead atoms. The van der Waals surface area contributed by atoms with Crippen LogP contribution in [0.5, 0.6) is 0 Å². The van der Waals surface area contributed by atoms with Gasteiger partial charge in [-0.15, -0.1) is 0 Å². The van der Waals surface area contributed by atoms with Gasteiger partial charge in [0.2, 0.25) is 0 Å². The van der Waals surface area contributed by atoms with Crippen LogP contribution in [0, 0.1) is 25.7 Å². The van der Waals surface area contributed by atoms with E-state index in [4.69, 9.17) is 4.74 Å². The van der Waals surface area contributed by atoms with Crippen LogP contribution >= 0.6 is 0 Å². The first-order chi connectivity index (χ1) is 16.6. The molecule has 2 aromatic rings. The molecule has 2 unspecified atom stereocenters. The van der Waals surface area contributed by atoms with Crippen molar-refractivity contribution in [2.45, 2.75) is 52.7 Å². The average Bonchev–Trinajstić information content (AvgIpc) is 3.35. The number of rotatable bonds is 6. The first-order valence-electron chi connectivity index (χ1n) is 12.6. The lowest BCUT2D eigenvalue weighted by Crippen LogP contribution is -2.37. The number of carbonyl (C=O) groups excluding carboxylic acids is 2. The molecular weight excluding hydrogens is 440 g/mol. The Morgan fingerprint density at radius 3 is 2.29 bits per heavy atom. The van der Waals surface area contributed by atoms with Crippen LogP contribution in [0.15, 0.2) is 42.7 Å². The van der Waals surface area contributed by atoms with Gasteiger partial charge >= 0.3 is 6.09 Å². The van der Waals surface area contributed by atoms with Gasteiger partial charge in [-0.3, -0.25) is 14.7 Å². The van der Waals surface area contributed by atoms with Crippen LogP contribution in [0.3, 0.4) is 0 Å². The van der Waals surface area contributed by atoms with Crippen molar-refractivity contribution in [3.05, 3.63) is 65.0 Å². The number of benzene rings is 1. The number of pyridine rings is 1. The van der Waals surface area contributed by atoms with E-state index in [1.165, 1.54) is 0 Å². The van der Waals surface area contributed by atoms with Gasteiger partial charge in [0.25, 0.3) is 5.91 Å². The van der Waals surface area contributed by atoms with E-state index in [0.717, 1.165) is 54.9 Å². The van der Waals surface area contributed by atoms with Crippen LogP contribution in [0.4, 0.5) is 4.79 Å². The fraction of sp³-hybridized carbons (Fsp3) is 0.536. The molecule has 2 aliphatic heterocycles. The Morgan fingerprint density at radius 1 is 1.06 bits per heavy atom. The zero-order valence-electron chi connectivity index (χ0n) is 21.6. The Labute approximate surface area is 208 Å². The van der Waals surface area contributed by atoms with E-state index in [-0.39, 0.29) is 18.0 Å². The van der Waals surface area contributed by atoms with Gasteiger partial charge in [0.1, 0.15) is 5.60 Å². The molecule has 0 saturated carbocycles. The summed E-state index contributed by atoms with van der Waals surface area (Å²) in [6.45, 7) is 13.6. The summed E-state index contributed by atoms with van der Waals surface area (Å²) in [5, 5.41) is 2.90. The summed E-state index contributed by atoms with van der Waals surface area (Å²) in [4.78, 5) is 34.3. The van der Waals surface area contributed by atoms with Crippen LogP contribution in [0.1, 0.15) is 60.3 Å². The molecule has 2 aliphatic rings. The van der Waals surface area contributed by atoms with Gasteiger partial charge in [-0.25, -0.2) is 4.79 Å². The van der Waals surface area contributed by atoms with Crippen LogP contribution < -0.4 is 5.32 Å². The largest absolute Gasteiger partial charge is 0.444 e. The quantitative estimate of drug-likeness (QED) is 0.668. The van der Waals surface area contributed by atoms with Crippen LogP contribution in [0.25, 0.3) is 0 Å². The highest BCUT2D eigenvalue weighted by atomic mass is 16.6. The summed E-state index contributed by atoms with van der Waals surface area (Å²) >= 11 is 0. The maximum atomic E-state index is 13.3. The van der Waals surface area contributed by atoms with Gasteiger partial charge in [0, 0.05) is 56.7 Å². The van der Waals surface area contributed by atoms with Gasteiger partial charge < -0.3 is 15.0 Å². The Kier molecular flexibility index (Phi) is 7.45. The minimum absolute atomic E-state index is 0.159. The lowest BCUT2D eigenvalue weighted by molar-refractivity contribution is 0.0522. The lowest BCUT2D eigenvalue weighted by Gasteiger charge is -2.30. The second-order valence-corrected chi connectivity index (χ2v) is 11.0. The number of hydrogen-bond acceptors (Lipinski definition) is 5. The van der Waals surface area contributed by atoms with Crippen molar-refractivity contribution in [1.29, 1.82) is 0 Å². The Balaban J connectivity index is 1.39. The molecular formula is C28H38N4O3. The summed E-state index contributed by atoms with van der Waals surface area (Å²) in [5.74, 6) is 1.08.